The third kappa shape index (κ3) is 6.33. The van der Waals surface area contributed by atoms with Gasteiger partial charge in [-0.15, -0.1) is 0 Å². The van der Waals surface area contributed by atoms with Gasteiger partial charge in [0, 0.05) is 29.2 Å². The Morgan fingerprint density at radius 3 is 2.64 bits per heavy atom. The van der Waals surface area contributed by atoms with Gasteiger partial charge in [-0.05, 0) is 44.9 Å². The molecule has 1 aliphatic rings. The quantitative estimate of drug-likeness (QED) is 0.827. The number of carbonyl (C=O) groups is 1. The van der Waals surface area contributed by atoms with Crippen LogP contribution in [0.2, 0.25) is 10.0 Å². The zero-order valence-corrected chi connectivity index (χ0v) is 16.7. The number of hydrogen-bond acceptors (Lipinski definition) is 4. The molecule has 1 aliphatic heterocycles. The second-order valence-corrected chi connectivity index (χ2v) is 9.62. The molecule has 9 heteroatoms. The molecule has 1 saturated heterocycles. The number of amides is 1. The summed E-state index contributed by atoms with van der Waals surface area (Å²) in [5.41, 5.74) is -0.111. The number of hydrogen-bond donors (Lipinski definition) is 1. The minimum atomic E-state index is -3.59. The normalized spacial score (nSPS) is 18.4. The van der Waals surface area contributed by atoms with E-state index >= 15 is 0 Å². The summed E-state index contributed by atoms with van der Waals surface area (Å²) in [6, 6.07) is 4.35. The van der Waals surface area contributed by atoms with Crippen molar-refractivity contribution in [3.63, 3.8) is 0 Å². The highest BCUT2D eigenvalue weighted by molar-refractivity contribution is 7.88. The number of benzene rings is 1. The maximum absolute atomic E-state index is 12.4. The first kappa shape index (κ1) is 20.3. The Bertz CT molecular complexity index is 747. The summed E-state index contributed by atoms with van der Waals surface area (Å²) in [5.74, 6) is -0.244. The largest absolute Gasteiger partial charge is 0.444 e. The zero-order valence-electron chi connectivity index (χ0n) is 14.4. The minimum absolute atomic E-state index is 0.244. The molecule has 0 aliphatic carbocycles. The number of sulfonamides is 1. The SMILES string of the molecule is CC(C)(C)OC(=O)N1CC[C@@H](NS(=O)(=O)Cc2ccc(Cl)cc2Cl)C1. The summed E-state index contributed by atoms with van der Waals surface area (Å²) in [6.07, 6.45) is 0.0993. The fraction of sp³-hybridized carbons (Fsp3) is 0.562. The molecule has 1 atom stereocenters. The highest BCUT2D eigenvalue weighted by Crippen LogP contribution is 2.23. The summed E-state index contributed by atoms with van der Waals surface area (Å²) in [4.78, 5) is 13.5. The highest BCUT2D eigenvalue weighted by Gasteiger charge is 2.32. The van der Waals surface area contributed by atoms with E-state index in [1.165, 1.54) is 11.0 Å². The molecule has 0 spiro atoms. The second-order valence-electron chi connectivity index (χ2n) is 7.02. The van der Waals surface area contributed by atoms with Crippen molar-refractivity contribution < 1.29 is 17.9 Å². The number of likely N-dealkylation sites (tertiary alicyclic amines) is 1. The van der Waals surface area contributed by atoms with E-state index in [1.807, 2.05) is 0 Å². The summed E-state index contributed by atoms with van der Waals surface area (Å²) in [6.45, 7) is 6.09. The predicted octanol–water partition coefficient (Wildman–Crippen LogP) is 3.42. The second kappa shape index (κ2) is 7.70. The van der Waals surface area contributed by atoms with E-state index in [1.54, 1.807) is 32.9 Å². The number of nitrogens with zero attached hydrogens (tertiary/aromatic N) is 1. The van der Waals surface area contributed by atoms with Crippen LogP contribution in [0.25, 0.3) is 0 Å². The first-order valence-corrected chi connectivity index (χ1v) is 10.3. The third-order valence-corrected chi connectivity index (χ3v) is 5.52. The van der Waals surface area contributed by atoms with Crippen LogP contribution in [0, 0.1) is 0 Å². The van der Waals surface area contributed by atoms with Gasteiger partial charge in [0.1, 0.15) is 5.60 Å². The predicted molar refractivity (Wildman–Crippen MR) is 98.4 cm³/mol. The number of nitrogens with one attached hydrogen (secondary N) is 1. The van der Waals surface area contributed by atoms with Gasteiger partial charge in [0.25, 0.3) is 0 Å². The number of carbonyl (C=O) groups excluding carboxylic acids is 1. The van der Waals surface area contributed by atoms with Crippen molar-refractivity contribution in [2.24, 2.45) is 0 Å². The lowest BCUT2D eigenvalue weighted by atomic mass is 10.2. The van der Waals surface area contributed by atoms with Crippen molar-refractivity contribution in [1.29, 1.82) is 0 Å². The molecule has 1 aromatic rings. The minimum Gasteiger partial charge on any atom is -0.444 e. The van der Waals surface area contributed by atoms with Crippen LogP contribution in [0.3, 0.4) is 0 Å². The fourth-order valence-electron chi connectivity index (χ4n) is 2.49. The smallest absolute Gasteiger partial charge is 0.410 e. The van der Waals surface area contributed by atoms with Crippen LogP contribution in [-0.2, 0) is 20.5 Å². The average molecular weight is 409 g/mol. The van der Waals surface area contributed by atoms with Gasteiger partial charge < -0.3 is 9.64 Å². The van der Waals surface area contributed by atoms with E-state index in [0.717, 1.165) is 0 Å². The van der Waals surface area contributed by atoms with E-state index in [0.29, 0.717) is 28.6 Å². The Labute approximate surface area is 158 Å². The van der Waals surface area contributed by atoms with E-state index in [9.17, 15) is 13.2 Å². The lowest BCUT2D eigenvalue weighted by molar-refractivity contribution is 0.0292. The van der Waals surface area contributed by atoms with Gasteiger partial charge in [0.05, 0.1) is 5.75 Å². The first-order valence-electron chi connectivity index (χ1n) is 7.87. The van der Waals surface area contributed by atoms with Crippen LogP contribution >= 0.6 is 23.2 Å². The zero-order chi connectivity index (χ0) is 18.8. The number of ether oxygens (including phenoxy) is 1. The standard InChI is InChI=1S/C16H22Cl2N2O4S/c1-16(2,3)24-15(21)20-7-6-13(9-20)19-25(22,23)10-11-4-5-12(17)8-14(11)18/h4-5,8,13,19H,6-7,9-10H2,1-3H3/t13-/m1/s1. The van der Waals surface area contributed by atoms with E-state index < -0.39 is 21.7 Å². The molecule has 25 heavy (non-hydrogen) atoms. The van der Waals surface area contributed by atoms with Gasteiger partial charge in [-0.3, -0.25) is 0 Å². The van der Waals surface area contributed by atoms with Gasteiger partial charge in [0.15, 0.2) is 0 Å². The van der Waals surface area contributed by atoms with Crippen molar-refractivity contribution in [3.8, 4) is 0 Å². The van der Waals surface area contributed by atoms with Gasteiger partial charge in [-0.2, -0.15) is 0 Å². The molecule has 0 radical (unpaired) electrons. The topological polar surface area (TPSA) is 75.7 Å². The van der Waals surface area contributed by atoms with Crippen LogP contribution in [0.5, 0.6) is 0 Å². The molecule has 140 valence electrons. The van der Waals surface area contributed by atoms with Gasteiger partial charge in [0.2, 0.25) is 10.0 Å². The van der Waals surface area contributed by atoms with Crippen LogP contribution in [-0.4, -0.2) is 44.1 Å². The first-order chi connectivity index (χ1) is 11.5. The van der Waals surface area contributed by atoms with Crippen LogP contribution in [0.1, 0.15) is 32.8 Å². The number of rotatable bonds is 4. The molecular weight excluding hydrogens is 387 g/mol. The average Bonchev–Trinajstić information content (AvgIpc) is 2.88. The van der Waals surface area contributed by atoms with Crippen molar-refractivity contribution in [2.45, 2.75) is 44.6 Å². The maximum Gasteiger partial charge on any atom is 0.410 e. The van der Waals surface area contributed by atoms with E-state index in [2.05, 4.69) is 4.72 Å². The van der Waals surface area contributed by atoms with Crippen molar-refractivity contribution >= 4 is 39.3 Å². The van der Waals surface area contributed by atoms with Crippen LogP contribution in [0.4, 0.5) is 4.79 Å². The summed E-state index contributed by atoms with van der Waals surface area (Å²) in [7, 11) is -3.59. The summed E-state index contributed by atoms with van der Waals surface area (Å²) in [5, 5.41) is 0.752. The molecule has 2 rings (SSSR count). The van der Waals surface area contributed by atoms with E-state index in [-0.39, 0.29) is 18.3 Å². The molecular formula is C16H22Cl2N2O4S. The Kier molecular flexibility index (Phi) is 6.25. The third-order valence-electron chi connectivity index (χ3n) is 3.55. The molecule has 0 unspecified atom stereocenters. The Balaban J connectivity index is 1.94. The Morgan fingerprint density at radius 2 is 2.04 bits per heavy atom. The fourth-order valence-corrected chi connectivity index (χ4v) is 4.49. The molecule has 1 N–H and O–H groups in total. The van der Waals surface area contributed by atoms with E-state index in [4.69, 9.17) is 27.9 Å². The molecule has 6 nitrogen and oxygen atoms in total. The van der Waals surface area contributed by atoms with Crippen molar-refractivity contribution in [1.82, 2.24) is 9.62 Å². The molecule has 0 aromatic heterocycles. The lowest BCUT2D eigenvalue weighted by Gasteiger charge is -2.24. The molecule has 1 amide bonds. The van der Waals surface area contributed by atoms with Crippen molar-refractivity contribution in [2.75, 3.05) is 13.1 Å². The van der Waals surface area contributed by atoms with Crippen molar-refractivity contribution in [3.05, 3.63) is 33.8 Å². The molecule has 0 bridgehead atoms. The van der Waals surface area contributed by atoms with Crippen LogP contribution < -0.4 is 4.72 Å². The molecule has 1 heterocycles. The van der Waals surface area contributed by atoms with Gasteiger partial charge >= 0.3 is 6.09 Å². The molecule has 0 saturated carbocycles. The Morgan fingerprint density at radius 1 is 1.36 bits per heavy atom. The number of halogens is 2. The monoisotopic (exact) mass is 408 g/mol. The summed E-state index contributed by atoms with van der Waals surface area (Å²) < 4.78 is 32.6. The molecule has 1 aromatic carbocycles. The lowest BCUT2D eigenvalue weighted by Crippen LogP contribution is -2.40. The Hall–Kier alpha value is -1.02. The highest BCUT2D eigenvalue weighted by atomic mass is 35.5. The van der Waals surface area contributed by atoms with Crippen LogP contribution in [0.15, 0.2) is 18.2 Å². The summed E-state index contributed by atoms with van der Waals surface area (Å²) >= 11 is 11.9. The van der Waals surface area contributed by atoms with Gasteiger partial charge in [-0.25, -0.2) is 17.9 Å². The maximum atomic E-state index is 12.4. The van der Waals surface area contributed by atoms with Gasteiger partial charge in [-0.1, -0.05) is 29.3 Å². The molecule has 1 fully saturated rings.